The second kappa shape index (κ2) is 6.33. The highest BCUT2D eigenvalue weighted by atomic mass is 19.4. The highest BCUT2D eigenvalue weighted by Gasteiger charge is 2.35. The minimum Gasteiger partial charge on any atom is -0.481 e. The molecular formula is C18H11F6NO2. The molecule has 0 bridgehead atoms. The standard InChI is InChI=1S/C18H11F6NO2/c19-17(20,21)10-4-1-3-9(7-10)15-12(8-14(26)27)11-5-2-6-13(16(11)25-15)18(22,23)24/h1-7,25H,8H2,(H,26,27). The van der Waals surface area contributed by atoms with Crippen molar-refractivity contribution in [3.8, 4) is 11.3 Å². The van der Waals surface area contributed by atoms with E-state index in [0.29, 0.717) is 0 Å². The highest BCUT2D eigenvalue weighted by molar-refractivity contribution is 5.95. The van der Waals surface area contributed by atoms with Crippen LogP contribution in [0.1, 0.15) is 16.7 Å². The number of nitrogens with one attached hydrogen (secondary N) is 1. The number of carboxylic acid groups (broad SMARTS) is 1. The van der Waals surface area contributed by atoms with Crippen LogP contribution in [-0.4, -0.2) is 16.1 Å². The zero-order valence-electron chi connectivity index (χ0n) is 13.4. The van der Waals surface area contributed by atoms with Crippen LogP contribution in [0, 0.1) is 0 Å². The number of hydrogen-bond acceptors (Lipinski definition) is 1. The van der Waals surface area contributed by atoms with Crippen molar-refractivity contribution < 1.29 is 36.2 Å². The number of benzene rings is 2. The minimum absolute atomic E-state index is 0.000336. The van der Waals surface area contributed by atoms with Gasteiger partial charge in [0, 0.05) is 5.39 Å². The maximum atomic E-state index is 13.3. The van der Waals surface area contributed by atoms with Crippen molar-refractivity contribution in [2.24, 2.45) is 0 Å². The Balaban J connectivity index is 2.31. The molecule has 0 saturated carbocycles. The summed E-state index contributed by atoms with van der Waals surface area (Å²) in [6.45, 7) is 0. The van der Waals surface area contributed by atoms with Crippen LogP contribution in [0.5, 0.6) is 0 Å². The molecule has 2 N–H and O–H groups in total. The summed E-state index contributed by atoms with van der Waals surface area (Å²) >= 11 is 0. The van der Waals surface area contributed by atoms with E-state index in [1.807, 2.05) is 0 Å². The number of carbonyl (C=O) groups is 1. The summed E-state index contributed by atoms with van der Waals surface area (Å²) in [7, 11) is 0. The predicted molar refractivity (Wildman–Crippen MR) is 85.1 cm³/mol. The van der Waals surface area contributed by atoms with Crippen molar-refractivity contribution in [1.29, 1.82) is 0 Å². The molecule has 0 unspecified atom stereocenters. The van der Waals surface area contributed by atoms with Crippen LogP contribution in [0.15, 0.2) is 42.5 Å². The lowest BCUT2D eigenvalue weighted by Crippen LogP contribution is -2.05. The molecule has 0 amide bonds. The molecule has 142 valence electrons. The summed E-state index contributed by atoms with van der Waals surface area (Å²) in [5.74, 6) is -1.32. The molecule has 0 atom stereocenters. The Labute approximate surface area is 148 Å². The van der Waals surface area contributed by atoms with Gasteiger partial charge < -0.3 is 10.1 Å². The average molecular weight is 387 g/mol. The number of aromatic amines is 1. The third kappa shape index (κ3) is 3.62. The number of fused-ring (bicyclic) bond motifs is 1. The Morgan fingerprint density at radius 1 is 0.963 bits per heavy atom. The van der Waals surface area contributed by atoms with Gasteiger partial charge in [0.1, 0.15) is 0 Å². The van der Waals surface area contributed by atoms with E-state index < -0.39 is 35.9 Å². The lowest BCUT2D eigenvalue weighted by molar-refractivity contribution is -0.138. The molecule has 3 nitrogen and oxygen atoms in total. The quantitative estimate of drug-likeness (QED) is 0.583. The molecule has 2 aromatic carbocycles. The molecular weight excluding hydrogens is 376 g/mol. The van der Waals surface area contributed by atoms with Gasteiger partial charge >= 0.3 is 18.3 Å². The van der Waals surface area contributed by atoms with Crippen LogP contribution < -0.4 is 0 Å². The molecule has 3 rings (SSSR count). The first-order chi connectivity index (χ1) is 12.5. The number of carboxylic acids is 1. The number of H-pyrrole nitrogens is 1. The van der Waals surface area contributed by atoms with Crippen molar-refractivity contribution >= 4 is 16.9 Å². The zero-order valence-corrected chi connectivity index (χ0v) is 13.4. The Bertz CT molecular complexity index is 1020. The molecule has 0 spiro atoms. The first-order valence-corrected chi connectivity index (χ1v) is 7.58. The molecule has 27 heavy (non-hydrogen) atoms. The first-order valence-electron chi connectivity index (χ1n) is 7.58. The Kier molecular flexibility index (Phi) is 4.41. The summed E-state index contributed by atoms with van der Waals surface area (Å²) in [5.41, 5.74) is -2.53. The van der Waals surface area contributed by atoms with Gasteiger partial charge in [-0.2, -0.15) is 26.3 Å². The monoisotopic (exact) mass is 387 g/mol. The summed E-state index contributed by atoms with van der Waals surface area (Å²) in [6, 6.07) is 7.22. The Morgan fingerprint density at radius 2 is 1.63 bits per heavy atom. The van der Waals surface area contributed by atoms with Crippen LogP contribution in [-0.2, 0) is 23.6 Å². The summed E-state index contributed by atoms with van der Waals surface area (Å²) in [5, 5.41) is 9.11. The third-order valence-electron chi connectivity index (χ3n) is 4.05. The van der Waals surface area contributed by atoms with Crippen molar-refractivity contribution in [3.63, 3.8) is 0 Å². The number of hydrogen-bond donors (Lipinski definition) is 2. The van der Waals surface area contributed by atoms with Crippen LogP contribution in [0.4, 0.5) is 26.3 Å². The second-order valence-electron chi connectivity index (χ2n) is 5.85. The molecule has 0 fully saturated rings. The largest absolute Gasteiger partial charge is 0.481 e. The van der Waals surface area contributed by atoms with Gasteiger partial charge in [-0.1, -0.05) is 24.3 Å². The van der Waals surface area contributed by atoms with Crippen molar-refractivity contribution in [2.75, 3.05) is 0 Å². The lowest BCUT2D eigenvalue weighted by Gasteiger charge is -2.09. The number of aliphatic carboxylic acids is 1. The average Bonchev–Trinajstić information content (AvgIpc) is 2.91. The fourth-order valence-electron chi connectivity index (χ4n) is 2.94. The van der Waals surface area contributed by atoms with Crippen LogP contribution >= 0.6 is 0 Å². The molecule has 1 aromatic heterocycles. The molecule has 0 aliphatic heterocycles. The number of halogens is 6. The molecule has 0 aliphatic rings. The fourth-order valence-corrected chi connectivity index (χ4v) is 2.94. The number of alkyl halides is 6. The van der Waals surface area contributed by atoms with Crippen LogP contribution in [0.3, 0.4) is 0 Å². The Hall–Kier alpha value is -2.97. The third-order valence-corrected chi connectivity index (χ3v) is 4.05. The second-order valence-corrected chi connectivity index (χ2v) is 5.85. The van der Waals surface area contributed by atoms with Gasteiger partial charge in [0.2, 0.25) is 0 Å². The zero-order chi connectivity index (χ0) is 20.0. The molecule has 0 saturated heterocycles. The summed E-state index contributed by atoms with van der Waals surface area (Å²) in [4.78, 5) is 13.7. The summed E-state index contributed by atoms with van der Waals surface area (Å²) in [6.07, 6.45) is -10.0. The van der Waals surface area contributed by atoms with Gasteiger partial charge in [-0.15, -0.1) is 0 Å². The van der Waals surface area contributed by atoms with Crippen LogP contribution in [0.2, 0.25) is 0 Å². The van der Waals surface area contributed by atoms with Gasteiger partial charge in [0.05, 0.1) is 28.8 Å². The van der Waals surface area contributed by atoms with E-state index in [0.717, 1.165) is 30.3 Å². The SMILES string of the molecule is O=C(O)Cc1c(-c2cccc(C(F)(F)F)c2)[nH]c2c(C(F)(F)F)cccc12. The number of para-hydroxylation sites is 1. The van der Waals surface area contributed by atoms with E-state index in [1.165, 1.54) is 12.1 Å². The van der Waals surface area contributed by atoms with Gasteiger partial charge in [0.25, 0.3) is 0 Å². The first kappa shape index (κ1) is 18.8. The van der Waals surface area contributed by atoms with E-state index >= 15 is 0 Å². The van der Waals surface area contributed by atoms with E-state index in [2.05, 4.69) is 4.98 Å². The van der Waals surface area contributed by atoms with Crippen molar-refractivity contribution in [1.82, 2.24) is 4.98 Å². The molecule has 3 aromatic rings. The van der Waals surface area contributed by atoms with Gasteiger partial charge in [-0.05, 0) is 29.3 Å². The predicted octanol–water partition coefficient (Wildman–Crippen LogP) is 5.50. The van der Waals surface area contributed by atoms with Gasteiger partial charge in [-0.3, -0.25) is 4.79 Å². The normalized spacial score (nSPS) is 12.5. The van der Waals surface area contributed by atoms with Crippen molar-refractivity contribution in [3.05, 3.63) is 59.2 Å². The van der Waals surface area contributed by atoms with Gasteiger partial charge in [-0.25, -0.2) is 0 Å². The minimum atomic E-state index is -4.71. The van der Waals surface area contributed by atoms with Crippen LogP contribution in [0.25, 0.3) is 22.2 Å². The number of aromatic nitrogens is 1. The molecule has 0 radical (unpaired) electrons. The smallest absolute Gasteiger partial charge is 0.418 e. The molecule has 1 heterocycles. The van der Waals surface area contributed by atoms with E-state index in [4.69, 9.17) is 5.11 Å². The van der Waals surface area contributed by atoms with E-state index in [1.54, 1.807) is 0 Å². The number of rotatable bonds is 3. The maximum absolute atomic E-state index is 13.3. The summed E-state index contributed by atoms with van der Waals surface area (Å²) < 4.78 is 78.7. The molecule has 0 aliphatic carbocycles. The molecule has 9 heteroatoms. The topological polar surface area (TPSA) is 53.1 Å². The fraction of sp³-hybridized carbons (Fsp3) is 0.167. The highest BCUT2D eigenvalue weighted by Crippen LogP contribution is 2.40. The maximum Gasteiger partial charge on any atom is 0.418 e. The van der Waals surface area contributed by atoms with E-state index in [-0.39, 0.29) is 27.7 Å². The van der Waals surface area contributed by atoms with E-state index in [9.17, 15) is 31.1 Å². The lowest BCUT2D eigenvalue weighted by atomic mass is 10.00. The van der Waals surface area contributed by atoms with Gasteiger partial charge in [0.15, 0.2) is 0 Å². The van der Waals surface area contributed by atoms with Crippen molar-refractivity contribution in [2.45, 2.75) is 18.8 Å². The Morgan fingerprint density at radius 3 is 2.22 bits per heavy atom.